The second-order valence-electron chi connectivity index (χ2n) is 4.46. The summed E-state index contributed by atoms with van der Waals surface area (Å²) >= 11 is 7.73. The fourth-order valence-electron chi connectivity index (χ4n) is 2.34. The molecule has 1 aliphatic heterocycles. The molecule has 2 nitrogen and oxygen atoms in total. The Hall–Kier alpha value is -1.32. The van der Waals surface area contributed by atoms with Crippen molar-refractivity contribution in [2.45, 2.75) is 23.1 Å². The summed E-state index contributed by atoms with van der Waals surface area (Å²) in [5, 5.41) is 10.7. The second kappa shape index (κ2) is 4.99. The van der Waals surface area contributed by atoms with Gasteiger partial charge in [0.1, 0.15) is 0 Å². The van der Waals surface area contributed by atoms with Crippen LogP contribution in [0.15, 0.2) is 46.2 Å². The molecule has 0 unspecified atom stereocenters. The summed E-state index contributed by atoms with van der Waals surface area (Å²) in [6.07, 6.45) is 1.00. The van der Waals surface area contributed by atoms with E-state index >= 15 is 0 Å². The third-order valence-corrected chi connectivity index (χ3v) is 4.58. The minimum atomic E-state index is 0.176. The number of anilines is 2. The van der Waals surface area contributed by atoms with Crippen LogP contribution in [0.1, 0.15) is 13.3 Å². The van der Waals surface area contributed by atoms with E-state index in [1.54, 1.807) is 17.8 Å². The largest absolute Gasteiger partial charge is 0.504 e. The Kier molecular flexibility index (Phi) is 3.33. The maximum Gasteiger partial charge on any atom is 0.159 e. The van der Waals surface area contributed by atoms with E-state index in [-0.39, 0.29) is 5.75 Å². The van der Waals surface area contributed by atoms with Crippen molar-refractivity contribution in [1.82, 2.24) is 0 Å². The summed E-state index contributed by atoms with van der Waals surface area (Å²) in [5.74, 6) is 0.176. The van der Waals surface area contributed by atoms with Crippen LogP contribution >= 0.6 is 23.4 Å². The lowest BCUT2D eigenvalue weighted by Crippen LogP contribution is -2.21. The van der Waals surface area contributed by atoms with Crippen LogP contribution in [0.25, 0.3) is 0 Å². The monoisotopic (exact) mass is 291 g/mol. The van der Waals surface area contributed by atoms with Gasteiger partial charge in [0.25, 0.3) is 0 Å². The van der Waals surface area contributed by atoms with Gasteiger partial charge in [0.2, 0.25) is 0 Å². The fourth-order valence-corrected chi connectivity index (χ4v) is 3.60. The van der Waals surface area contributed by atoms with Gasteiger partial charge >= 0.3 is 0 Å². The summed E-state index contributed by atoms with van der Waals surface area (Å²) in [7, 11) is 0. The van der Waals surface area contributed by atoms with E-state index in [9.17, 15) is 5.11 Å². The average molecular weight is 292 g/mol. The molecule has 4 heteroatoms. The van der Waals surface area contributed by atoms with Crippen molar-refractivity contribution >= 4 is 34.7 Å². The number of rotatable bonds is 2. The molecular formula is C15H14ClNOS. The molecule has 19 heavy (non-hydrogen) atoms. The van der Waals surface area contributed by atoms with Crippen LogP contribution < -0.4 is 4.90 Å². The quantitative estimate of drug-likeness (QED) is 0.837. The summed E-state index contributed by atoms with van der Waals surface area (Å²) in [6.45, 7) is 2.99. The minimum absolute atomic E-state index is 0.176. The summed E-state index contributed by atoms with van der Waals surface area (Å²) in [6, 6.07) is 12.0. The summed E-state index contributed by atoms with van der Waals surface area (Å²) < 4.78 is 0. The first-order valence-electron chi connectivity index (χ1n) is 6.28. The maximum atomic E-state index is 10.3. The smallest absolute Gasteiger partial charge is 0.159 e. The second-order valence-corrected chi connectivity index (χ2v) is 5.96. The van der Waals surface area contributed by atoms with E-state index in [0.29, 0.717) is 5.02 Å². The van der Waals surface area contributed by atoms with Crippen LogP contribution in [0.4, 0.5) is 11.4 Å². The number of hydrogen-bond donors (Lipinski definition) is 1. The summed E-state index contributed by atoms with van der Waals surface area (Å²) in [4.78, 5) is 4.42. The normalized spacial score (nSPS) is 13.1. The highest BCUT2D eigenvalue weighted by molar-refractivity contribution is 7.99. The van der Waals surface area contributed by atoms with Crippen molar-refractivity contribution in [2.24, 2.45) is 0 Å². The minimum Gasteiger partial charge on any atom is -0.504 e. The number of fused-ring (bicyclic) bond motifs is 2. The van der Waals surface area contributed by atoms with Gasteiger partial charge in [-0.15, -0.1) is 0 Å². The van der Waals surface area contributed by atoms with Crippen molar-refractivity contribution in [3.05, 3.63) is 41.4 Å². The first-order chi connectivity index (χ1) is 9.22. The number of aromatic hydroxyl groups is 1. The molecule has 98 valence electrons. The van der Waals surface area contributed by atoms with Crippen molar-refractivity contribution < 1.29 is 5.11 Å². The molecule has 0 aliphatic carbocycles. The molecule has 0 radical (unpaired) electrons. The van der Waals surface area contributed by atoms with Gasteiger partial charge in [0.05, 0.1) is 16.4 Å². The molecule has 0 amide bonds. The highest BCUT2D eigenvalue weighted by Gasteiger charge is 2.26. The van der Waals surface area contributed by atoms with Gasteiger partial charge in [-0.2, -0.15) is 0 Å². The zero-order valence-electron chi connectivity index (χ0n) is 10.6. The van der Waals surface area contributed by atoms with E-state index in [2.05, 4.69) is 24.0 Å². The molecule has 0 aromatic heterocycles. The van der Waals surface area contributed by atoms with E-state index in [0.717, 1.165) is 29.2 Å². The van der Waals surface area contributed by atoms with Crippen molar-refractivity contribution in [2.75, 3.05) is 11.4 Å². The highest BCUT2D eigenvalue weighted by Crippen LogP contribution is 2.53. The van der Waals surface area contributed by atoms with Crippen LogP contribution in [0.3, 0.4) is 0 Å². The maximum absolute atomic E-state index is 10.3. The Balaban J connectivity index is 2.21. The van der Waals surface area contributed by atoms with Gasteiger partial charge in [-0.05, 0) is 30.7 Å². The Morgan fingerprint density at radius 2 is 1.95 bits per heavy atom. The number of phenolic OH excluding ortho intramolecular Hbond substituents is 1. The third kappa shape index (κ3) is 2.07. The number of halogens is 1. The molecule has 1 N–H and O–H groups in total. The lowest BCUT2D eigenvalue weighted by Gasteiger charge is -2.33. The van der Waals surface area contributed by atoms with Gasteiger partial charge in [-0.1, -0.05) is 42.4 Å². The lowest BCUT2D eigenvalue weighted by atomic mass is 10.2. The predicted octanol–water partition coefficient (Wildman–Crippen LogP) is 5.06. The predicted molar refractivity (Wildman–Crippen MR) is 81.0 cm³/mol. The highest BCUT2D eigenvalue weighted by atomic mass is 35.5. The van der Waals surface area contributed by atoms with Crippen molar-refractivity contribution in [3.63, 3.8) is 0 Å². The topological polar surface area (TPSA) is 23.5 Å². The molecular weight excluding hydrogens is 278 g/mol. The van der Waals surface area contributed by atoms with Gasteiger partial charge in [0.15, 0.2) is 5.75 Å². The first kappa shape index (κ1) is 12.7. The number of nitrogens with zero attached hydrogens (tertiary/aromatic N) is 1. The van der Waals surface area contributed by atoms with Crippen LogP contribution in [-0.4, -0.2) is 11.7 Å². The standard InChI is InChI=1S/C15H14ClNOS/c1-2-9-17-11-5-3-4-6-12(11)19-13-8-7-10(16)15(18)14(13)17/h3-8,18H,2,9H2,1H3. The Morgan fingerprint density at radius 1 is 1.16 bits per heavy atom. The van der Waals surface area contributed by atoms with Crippen LogP contribution in [0.2, 0.25) is 5.02 Å². The Morgan fingerprint density at radius 3 is 2.74 bits per heavy atom. The molecule has 0 spiro atoms. The number of phenols is 1. The Bertz CT molecular complexity index is 630. The van der Waals surface area contributed by atoms with Gasteiger partial charge in [0, 0.05) is 16.3 Å². The molecule has 0 saturated carbocycles. The van der Waals surface area contributed by atoms with Crippen molar-refractivity contribution in [3.8, 4) is 5.75 Å². The fraction of sp³-hybridized carbons (Fsp3) is 0.200. The van der Waals surface area contributed by atoms with Crippen LogP contribution in [-0.2, 0) is 0 Å². The zero-order chi connectivity index (χ0) is 13.4. The van der Waals surface area contributed by atoms with Crippen LogP contribution in [0, 0.1) is 0 Å². The molecule has 0 saturated heterocycles. The molecule has 0 fully saturated rings. The number of benzene rings is 2. The van der Waals surface area contributed by atoms with E-state index in [1.165, 1.54) is 4.90 Å². The number of hydrogen-bond acceptors (Lipinski definition) is 3. The zero-order valence-corrected chi connectivity index (χ0v) is 12.1. The third-order valence-electron chi connectivity index (χ3n) is 3.16. The van der Waals surface area contributed by atoms with Crippen LogP contribution in [0.5, 0.6) is 5.75 Å². The lowest BCUT2D eigenvalue weighted by molar-refractivity contribution is 0.474. The molecule has 0 bridgehead atoms. The van der Waals surface area contributed by atoms with Gasteiger partial charge in [-0.3, -0.25) is 0 Å². The molecule has 3 rings (SSSR count). The molecule has 2 aromatic rings. The summed E-state index contributed by atoms with van der Waals surface area (Å²) in [5.41, 5.74) is 1.97. The molecule has 2 aromatic carbocycles. The number of para-hydroxylation sites is 1. The van der Waals surface area contributed by atoms with Gasteiger partial charge < -0.3 is 10.0 Å². The van der Waals surface area contributed by atoms with Gasteiger partial charge in [-0.25, -0.2) is 0 Å². The van der Waals surface area contributed by atoms with E-state index in [1.807, 2.05) is 18.2 Å². The first-order valence-corrected chi connectivity index (χ1v) is 7.47. The average Bonchev–Trinajstić information content (AvgIpc) is 2.43. The van der Waals surface area contributed by atoms with Crippen molar-refractivity contribution in [1.29, 1.82) is 0 Å². The molecule has 1 heterocycles. The Labute approximate surface area is 122 Å². The molecule has 1 aliphatic rings. The van der Waals surface area contributed by atoms with E-state index in [4.69, 9.17) is 11.6 Å². The molecule has 0 atom stereocenters. The van der Waals surface area contributed by atoms with E-state index < -0.39 is 0 Å². The SMILES string of the molecule is CCCN1c2ccccc2Sc2ccc(Cl)c(O)c21.